The van der Waals surface area contributed by atoms with Gasteiger partial charge in [-0.05, 0) is 12.1 Å². The van der Waals surface area contributed by atoms with Crippen molar-refractivity contribution in [2.45, 2.75) is 0 Å². The number of hydrogen-bond donors (Lipinski definition) is 0. The molecule has 1 rings (SSSR count). The lowest BCUT2D eigenvalue weighted by molar-refractivity contribution is -0.134. The lowest BCUT2D eigenvalue weighted by atomic mass is 10.3. The molecule has 80 valence electrons. The molecule has 0 aliphatic rings. The van der Waals surface area contributed by atoms with Gasteiger partial charge in [-0.1, -0.05) is 12.1 Å². The molecule has 0 radical (unpaired) electrons. The van der Waals surface area contributed by atoms with E-state index < -0.39 is 5.97 Å². The maximum Gasteiger partial charge on any atom is 0.331 e. The molecule has 1 aromatic rings. The van der Waals surface area contributed by atoms with Crippen LogP contribution in [-0.4, -0.2) is 20.1 Å². The first-order valence-electron chi connectivity index (χ1n) is 4.38. The number of nitrogens with zero attached hydrogens (tertiary/aromatic N) is 1. The molecule has 0 aromatic heterocycles. The number of carbonyl (C=O) groups is 1. The number of esters is 1. The normalized spacial score (nSPS) is 10.3. The van der Waals surface area contributed by atoms with E-state index in [1.54, 1.807) is 25.2 Å². The Morgan fingerprint density at radius 1 is 1.47 bits per heavy atom. The summed E-state index contributed by atoms with van der Waals surface area (Å²) in [7, 11) is 2.94. The van der Waals surface area contributed by atoms with Crippen LogP contribution < -0.4 is 4.90 Å². The number of methoxy groups -OCH3 is 1. The second-order valence-electron chi connectivity index (χ2n) is 2.90. The van der Waals surface area contributed by atoms with Gasteiger partial charge in [-0.2, -0.15) is 0 Å². The molecule has 0 N–H and O–H groups in total. The van der Waals surface area contributed by atoms with Gasteiger partial charge in [0.05, 0.1) is 12.8 Å². The first-order valence-corrected chi connectivity index (χ1v) is 4.38. The zero-order valence-electron chi connectivity index (χ0n) is 8.61. The number of hydrogen-bond acceptors (Lipinski definition) is 3. The highest BCUT2D eigenvalue weighted by Crippen LogP contribution is 2.16. The van der Waals surface area contributed by atoms with Crippen molar-refractivity contribution in [3.63, 3.8) is 0 Å². The van der Waals surface area contributed by atoms with Crippen molar-refractivity contribution in [3.05, 3.63) is 42.4 Å². The molecule has 0 saturated carbocycles. The summed E-state index contributed by atoms with van der Waals surface area (Å²) in [5, 5.41) is 0. The standard InChI is InChI=1S/C11H12FNO2/c1-13(8-7-11(14)15-2)10-6-4-3-5-9(10)12/h3-8H,1-2H3. The third kappa shape index (κ3) is 3.09. The van der Waals surface area contributed by atoms with Gasteiger partial charge in [0, 0.05) is 19.3 Å². The molecular weight excluding hydrogens is 197 g/mol. The predicted molar refractivity (Wildman–Crippen MR) is 56.0 cm³/mol. The Labute approximate surface area is 87.8 Å². The maximum atomic E-state index is 13.3. The predicted octanol–water partition coefficient (Wildman–Crippen LogP) is 1.95. The van der Waals surface area contributed by atoms with Gasteiger partial charge in [0.25, 0.3) is 0 Å². The maximum absolute atomic E-state index is 13.3. The summed E-state index contributed by atoms with van der Waals surface area (Å²) in [4.78, 5) is 12.3. The van der Waals surface area contributed by atoms with Crippen molar-refractivity contribution in [1.29, 1.82) is 0 Å². The minimum absolute atomic E-state index is 0.338. The molecular formula is C11H12FNO2. The van der Waals surface area contributed by atoms with Crippen LogP contribution in [0.5, 0.6) is 0 Å². The minimum Gasteiger partial charge on any atom is -0.466 e. The number of benzene rings is 1. The minimum atomic E-state index is -0.474. The van der Waals surface area contributed by atoms with Crippen LogP contribution in [0.15, 0.2) is 36.5 Å². The van der Waals surface area contributed by atoms with Gasteiger partial charge < -0.3 is 9.64 Å². The van der Waals surface area contributed by atoms with Gasteiger partial charge in [-0.15, -0.1) is 0 Å². The Hall–Kier alpha value is -1.84. The van der Waals surface area contributed by atoms with Gasteiger partial charge in [0.1, 0.15) is 5.82 Å². The van der Waals surface area contributed by atoms with Crippen molar-refractivity contribution in [1.82, 2.24) is 0 Å². The summed E-state index contributed by atoms with van der Waals surface area (Å²) < 4.78 is 17.7. The largest absolute Gasteiger partial charge is 0.466 e. The molecule has 1 aromatic carbocycles. The molecule has 0 unspecified atom stereocenters. The summed E-state index contributed by atoms with van der Waals surface area (Å²) in [6.07, 6.45) is 2.68. The Kier molecular flexibility index (Phi) is 3.85. The first kappa shape index (κ1) is 11.2. The van der Waals surface area contributed by atoms with Crippen molar-refractivity contribution < 1.29 is 13.9 Å². The average molecular weight is 209 g/mol. The second-order valence-corrected chi connectivity index (χ2v) is 2.90. The number of para-hydroxylation sites is 1. The van der Waals surface area contributed by atoms with Crippen molar-refractivity contribution in [3.8, 4) is 0 Å². The van der Waals surface area contributed by atoms with E-state index in [-0.39, 0.29) is 5.82 Å². The van der Waals surface area contributed by atoms with Crippen LogP contribution in [0.4, 0.5) is 10.1 Å². The Morgan fingerprint density at radius 2 is 2.13 bits per heavy atom. The SMILES string of the molecule is COC(=O)C=CN(C)c1ccccc1F. The van der Waals surface area contributed by atoms with E-state index in [4.69, 9.17) is 0 Å². The van der Waals surface area contributed by atoms with Crippen molar-refractivity contribution >= 4 is 11.7 Å². The smallest absolute Gasteiger partial charge is 0.331 e. The van der Waals surface area contributed by atoms with E-state index in [2.05, 4.69) is 4.74 Å². The zero-order chi connectivity index (χ0) is 11.3. The zero-order valence-corrected chi connectivity index (χ0v) is 8.61. The number of rotatable bonds is 3. The summed E-state index contributed by atoms with van der Waals surface area (Å²) in [6.45, 7) is 0. The second kappa shape index (κ2) is 5.14. The molecule has 0 spiro atoms. The average Bonchev–Trinajstić information content (AvgIpc) is 2.26. The molecule has 3 nitrogen and oxygen atoms in total. The van der Waals surface area contributed by atoms with E-state index >= 15 is 0 Å². The molecule has 0 bridgehead atoms. The molecule has 0 aliphatic carbocycles. The molecule has 0 aliphatic heterocycles. The van der Waals surface area contributed by atoms with Crippen LogP contribution in [0.3, 0.4) is 0 Å². The van der Waals surface area contributed by atoms with E-state index in [0.717, 1.165) is 0 Å². The van der Waals surface area contributed by atoms with E-state index in [0.29, 0.717) is 5.69 Å². The summed E-state index contributed by atoms with van der Waals surface area (Å²) >= 11 is 0. The first-order chi connectivity index (χ1) is 7.15. The van der Waals surface area contributed by atoms with Gasteiger partial charge in [0.2, 0.25) is 0 Å². The molecule has 15 heavy (non-hydrogen) atoms. The lowest BCUT2D eigenvalue weighted by Crippen LogP contribution is -2.10. The van der Waals surface area contributed by atoms with Gasteiger partial charge >= 0.3 is 5.97 Å². The van der Waals surface area contributed by atoms with Crippen molar-refractivity contribution in [2.24, 2.45) is 0 Å². The fourth-order valence-electron chi connectivity index (χ4n) is 1.06. The third-order valence-corrected chi connectivity index (χ3v) is 1.87. The topological polar surface area (TPSA) is 29.5 Å². The number of anilines is 1. The van der Waals surface area contributed by atoms with Gasteiger partial charge in [-0.3, -0.25) is 0 Å². The Morgan fingerprint density at radius 3 is 2.73 bits per heavy atom. The van der Waals surface area contributed by atoms with Crippen LogP contribution in [-0.2, 0) is 9.53 Å². The quantitative estimate of drug-likeness (QED) is 0.563. The van der Waals surface area contributed by atoms with Gasteiger partial charge in [0.15, 0.2) is 0 Å². The highest BCUT2D eigenvalue weighted by Gasteiger charge is 2.03. The lowest BCUT2D eigenvalue weighted by Gasteiger charge is -2.14. The van der Waals surface area contributed by atoms with Crippen LogP contribution >= 0.6 is 0 Å². The molecule has 0 fully saturated rings. The molecule has 4 heteroatoms. The van der Waals surface area contributed by atoms with Crippen molar-refractivity contribution in [2.75, 3.05) is 19.1 Å². The molecule has 0 saturated heterocycles. The highest BCUT2D eigenvalue weighted by molar-refractivity contribution is 5.82. The summed E-state index contributed by atoms with van der Waals surface area (Å²) in [6, 6.07) is 6.31. The van der Waals surface area contributed by atoms with Gasteiger partial charge in [-0.25, -0.2) is 9.18 Å². The van der Waals surface area contributed by atoms with Crippen LogP contribution in [0.25, 0.3) is 0 Å². The Balaban J connectivity index is 2.77. The molecule has 0 atom stereocenters. The molecule has 0 amide bonds. The van der Waals surface area contributed by atoms with Crippen LogP contribution in [0.1, 0.15) is 0 Å². The molecule has 0 heterocycles. The summed E-state index contributed by atoms with van der Waals surface area (Å²) in [5.74, 6) is -0.812. The fourth-order valence-corrected chi connectivity index (χ4v) is 1.06. The van der Waals surface area contributed by atoms with Crippen LogP contribution in [0.2, 0.25) is 0 Å². The Bertz CT molecular complexity index is 377. The fraction of sp³-hybridized carbons (Fsp3) is 0.182. The summed E-state index contributed by atoms with van der Waals surface area (Å²) in [5.41, 5.74) is 0.401. The third-order valence-electron chi connectivity index (χ3n) is 1.87. The van der Waals surface area contributed by atoms with E-state index in [1.165, 1.54) is 30.4 Å². The van der Waals surface area contributed by atoms with E-state index in [1.807, 2.05) is 0 Å². The number of ether oxygens (including phenoxy) is 1. The monoisotopic (exact) mass is 209 g/mol. The number of halogens is 1. The van der Waals surface area contributed by atoms with Crippen LogP contribution in [0, 0.1) is 5.82 Å². The highest BCUT2D eigenvalue weighted by atomic mass is 19.1. The number of carbonyl (C=O) groups excluding carboxylic acids is 1. The van der Waals surface area contributed by atoms with E-state index in [9.17, 15) is 9.18 Å².